The molecule has 5 heteroatoms. The van der Waals surface area contributed by atoms with E-state index in [9.17, 15) is 0 Å². The normalized spacial score (nSPS) is 31.3. The van der Waals surface area contributed by atoms with Crippen molar-refractivity contribution in [1.29, 1.82) is 0 Å². The van der Waals surface area contributed by atoms with E-state index in [0.717, 1.165) is 29.6 Å². The Morgan fingerprint density at radius 2 is 2.28 bits per heavy atom. The summed E-state index contributed by atoms with van der Waals surface area (Å²) in [6.07, 6.45) is 7.60. The van der Waals surface area contributed by atoms with E-state index in [-0.39, 0.29) is 0 Å². The second-order valence-electron chi connectivity index (χ2n) is 5.29. The van der Waals surface area contributed by atoms with Gasteiger partial charge >= 0.3 is 0 Å². The van der Waals surface area contributed by atoms with Gasteiger partial charge in [-0.05, 0) is 32.1 Å². The van der Waals surface area contributed by atoms with Crippen LogP contribution in [0.15, 0.2) is 0 Å². The Morgan fingerprint density at radius 1 is 1.33 bits per heavy atom. The van der Waals surface area contributed by atoms with Crippen LogP contribution in [0.25, 0.3) is 0 Å². The van der Waals surface area contributed by atoms with E-state index in [1.165, 1.54) is 25.7 Å². The molecule has 1 aliphatic carbocycles. The third kappa shape index (κ3) is 2.52. The lowest BCUT2D eigenvalue weighted by molar-refractivity contribution is 0.0620. The van der Waals surface area contributed by atoms with Crippen molar-refractivity contribution in [3.63, 3.8) is 0 Å². The first-order chi connectivity index (χ1) is 8.86. The molecule has 2 aliphatic rings. The molecule has 0 spiro atoms. The summed E-state index contributed by atoms with van der Waals surface area (Å²) in [5.41, 5.74) is 0. The fourth-order valence-electron chi connectivity index (χ4n) is 3.14. The predicted octanol–water partition coefficient (Wildman–Crippen LogP) is 2.86. The van der Waals surface area contributed by atoms with Gasteiger partial charge < -0.3 is 10.1 Å². The zero-order chi connectivity index (χ0) is 12.4. The summed E-state index contributed by atoms with van der Waals surface area (Å²) in [5, 5.41) is 14.2. The molecule has 1 saturated carbocycles. The highest BCUT2D eigenvalue weighted by atomic mass is 32.1. The number of nitrogens with zero attached hydrogens (tertiary/aromatic N) is 2. The van der Waals surface area contributed by atoms with Gasteiger partial charge in [0.25, 0.3) is 0 Å². The highest BCUT2D eigenvalue weighted by molar-refractivity contribution is 7.15. The van der Waals surface area contributed by atoms with Crippen LogP contribution >= 0.6 is 11.3 Å². The Balaban J connectivity index is 1.63. The van der Waals surface area contributed by atoms with Crippen LogP contribution in [0.1, 0.15) is 44.0 Å². The van der Waals surface area contributed by atoms with Gasteiger partial charge in [0.1, 0.15) is 5.01 Å². The molecular weight excluding hydrogens is 246 g/mol. The lowest BCUT2D eigenvalue weighted by atomic mass is 9.82. The van der Waals surface area contributed by atoms with Crippen LogP contribution in [0.3, 0.4) is 0 Å². The lowest BCUT2D eigenvalue weighted by Crippen LogP contribution is -2.38. The molecule has 1 saturated heterocycles. The summed E-state index contributed by atoms with van der Waals surface area (Å²) in [6, 6.07) is 0.536. The minimum Gasteiger partial charge on any atom is -0.378 e. The molecule has 0 aromatic carbocycles. The summed E-state index contributed by atoms with van der Waals surface area (Å²) in [7, 11) is 0. The quantitative estimate of drug-likeness (QED) is 0.911. The van der Waals surface area contributed by atoms with Crippen molar-refractivity contribution in [1.82, 2.24) is 10.2 Å². The zero-order valence-corrected chi connectivity index (χ0v) is 11.7. The number of nitrogens with one attached hydrogen (secondary N) is 1. The van der Waals surface area contributed by atoms with Gasteiger partial charge in [-0.15, -0.1) is 10.2 Å². The SMILES string of the molecule is CCCc1nnc(NC2CCCC3OCCC23)s1. The molecule has 1 aromatic rings. The number of anilines is 1. The molecule has 1 N–H and O–H groups in total. The smallest absolute Gasteiger partial charge is 0.205 e. The molecule has 3 atom stereocenters. The van der Waals surface area contributed by atoms with Crippen LogP contribution < -0.4 is 5.32 Å². The Bertz CT molecular complexity index is 395. The maximum absolute atomic E-state index is 5.80. The van der Waals surface area contributed by atoms with Gasteiger partial charge in [-0.3, -0.25) is 0 Å². The van der Waals surface area contributed by atoms with Gasteiger partial charge in [0.2, 0.25) is 5.13 Å². The number of aromatic nitrogens is 2. The van der Waals surface area contributed by atoms with E-state index in [1.54, 1.807) is 11.3 Å². The molecular formula is C13H21N3OS. The fourth-order valence-corrected chi connectivity index (χ4v) is 4.04. The van der Waals surface area contributed by atoms with E-state index in [0.29, 0.717) is 18.1 Å². The summed E-state index contributed by atoms with van der Waals surface area (Å²) in [6.45, 7) is 3.11. The number of rotatable bonds is 4. The van der Waals surface area contributed by atoms with Gasteiger partial charge in [0.05, 0.1) is 6.10 Å². The molecule has 1 aromatic heterocycles. The molecule has 18 heavy (non-hydrogen) atoms. The van der Waals surface area contributed by atoms with Crippen molar-refractivity contribution in [2.45, 2.75) is 57.6 Å². The van der Waals surface area contributed by atoms with Crippen molar-refractivity contribution in [2.75, 3.05) is 11.9 Å². The first-order valence-electron chi connectivity index (χ1n) is 7.07. The van der Waals surface area contributed by atoms with Gasteiger partial charge in [0.15, 0.2) is 0 Å². The average Bonchev–Trinajstić information content (AvgIpc) is 2.99. The topological polar surface area (TPSA) is 47.0 Å². The van der Waals surface area contributed by atoms with E-state index in [2.05, 4.69) is 22.4 Å². The maximum Gasteiger partial charge on any atom is 0.205 e. The largest absolute Gasteiger partial charge is 0.378 e. The third-order valence-corrected chi connectivity index (χ3v) is 4.94. The lowest BCUT2D eigenvalue weighted by Gasteiger charge is -2.32. The average molecular weight is 267 g/mol. The Morgan fingerprint density at radius 3 is 3.17 bits per heavy atom. The first kappa shape index (κ1) is 12.4. The number of fused-ring (bicyclic) bond motifs is 1. The second kappa shape index (κ2) is 5.53. The molecule has 0 bridgehead atoms. The number of aryl methyl sites for hydroxylation is 1. The van der Waals surface area contributed by atoms with Crippen LogP contribution in [0.5, 0.6) is 0 Å². The molecule has 4 nitrogen and oxygen atoms in total. The van der Waals surface area contributed by atoms with Crippen LogP contribution in [0.4, 0.5) is 5.13 Å². The number of hydrogen-bond donors (Lipinski definition) is 1. The van der Waals surface area contributed by atoms with Crippen molar-refractivity contribution in [3.8, 4) is 0 Å². The fraction of sp³-hybridized carbons (Fsp3) is 0.846. The van der Waals surface area contributed by atoms with Gasteiger partial charge in [0, 0.05) is 25.0 Å². The molecule has 3 unspecified atom stereocenters. The van der Waals surface area contributed by atoms with Crippen LogP contribution in [-0.4, -0.2) is 29.0 Å². The molecule has 0 amide bonds. The maximum atomic E-state index is 5.80. The molecule has 2 fully saturated rings. The molecule has 1 aliphatic heterocycles. The zero-order valence-electron chi connectivity index (χ0n) is 10.9. The van der Waals surface area contributed by atoms with E-state index in [4.69, 9.17) is 4.74 Å². The van der Waals surface area contributed by atoms with Gasteiger partial charge in [-0.25, -0.2) is 0 Å². The Hall–Kier alpha value is -0.680. The molecule has 0 radical (unpaired) electrons. The summed E-state index contributed by atoms with van der Waals surface area (Å²) < 4.78 is 5.80. The van der Waals surface area contributed by atoms with Crippen LogP contribution in [0, 0.1) is 5.92 Å². The number of ether oxygens (including phenoxy) is 1. The molecule has 2 heterocycles. The van der Waals surface area contributed by atoms with Crippen LogP contribution in [0.2, 0.25) is 0 Å². The number of hydrogen-bond acceptors (Lipinski definition) is 5. The van der Waals surface area contributed by atoms with E-state index >= 15 is 0 Å². The summed E-state index contributed by atoms with van der Waals surface area (Å²) >= 11 is 1.71. The van der Waals surface area contributed by atoms with Crippen molar-refractivity contribution in [2.24, 2.45) is 5.92 Å². The Labute approximate surface area is 112 Å². The summed E-state index contributed by atoms with van der Waals surface area (Å²) in [5.74, 6) is 0.678. The van der Waals surface area contributed by atoms with E-state index < -0.39 is 0 Å². The minimum absolute atomic E-state index is 0.485. The summed E-state index contributed by atoms with van der Waals surface area (Å²) in [4.78, 5) is 0. The van der Waals surface area contributed by atoms with Gasteiger partial charge in [-0.1, -0.05) is 18.3 Å². The van der Waals surface area contributed by atoms with E-state index in [1.807, 2.05) is 0 Å². The Kier molecular flexibility index (Phi) is 3.80. The highest BCUT2D eigenvalue weighted by Gasteiger charge is 2.37. The monoisotopic (exact) mass is 267 g/mol. The van der Waals surface area contributed by atoms with Crippen molar-refractivity contribution >= 4 is 16.5 Å². The first-order valence-corrected chi connectivity index (χ1v) is 7.89. The predicted molar refractivity (Wildman–Crippen MR) is 73.0 cm³/mol. The molecule has 3 rings (SSSR count). The van der Waals surface area contributed by atoms with Crippen LogP contribution in [-0.2, 0) is 11.2 Å². The van der Waals surface area contributed by atoms with Gasteiger partial charge in [-0.2, -0.15) is 0 Å². The second-order valence-corrected chi connectivity index (χ2v) is 6.36. The standard InChI is InChI=1S/C13H21N3OS/c1-2-4-12-15-16-13(18-12)14-10-5-3-6-11-9(10)7-8-17-11/h9-11H,2-8H2,1H3,(H,14,16). The van der Waals surface area contributed by atoms with Crippen molar-refractivity contribution in [3.05, 3.63) is 5.01 Å². The highest BCUT2D eigenvalue weighted by Crippen LogP contribution is 2.36. The minimum atomic E-state index is 0.485. The molecule has 100 valence electrons. The third-order valence-electron chi connectivity index (χ3n) is 4.02. The van der Waals surface area contributed by atoms with Crippen molar-refractivity contribution < 1.29 is 4.74 Å².